The molecule has 0 aliphatic rings. The summed E-state index contributed by atoms with van der Waals surface area (Å²) in [5, 5.41) is 7.06. The summed E-state index contributed by atoms with van der Waals surface area (Å²) >= 11 is 0. The van der Waals surface area contributed by atoms with Crippen molar-refractivity contribution in [2.24, 2.45) is 0 Å². The normalized spacial score (nSPS) is 11.8. The van der Waals surface area contributed by atoms with Crippen molar-refractivity contribution in [3.8, 4) is 11.6 Å². The van der Waals surface area contributed by atoms with Crippen molar-refractivity contribution in [3.63, 3.8) is 0 Å². The molecule has 0 bridgehead atoms. The van der Waals surface area contributed by atoms with Gasteiger partial charge in [-0.2, -0.15) is 5.10 Å². The zero-order valence-electron chi connectivity index (χ0n) is 14.2. The van der Waals surface area contributed by atoms with E-state index in [-0.39, 0.29) is 11.8 Å². The van der Waals surface area contributed by atoms with Gasteiger partial charge in [-0.1, -0.05) is 31.2 Å². The molecule has 0 spiro atoms. The average Bonchev–Trinajstić information content (AvgIpc) is 3.20. The number of nitrogens with one attached hydrogen (secondary N) is 1. The van der Waals surface area contributed by atoms with Gasteiger partial charge in [0.2, 0.25) is 0 Å². The van der Waals surface area contributed by atoms with E-state index in [1.807, 2.05) is 37.3 Å². The van der Waals surface area contributed by atoms with Gasteiger partial charge in [-0.25, -0.2) is 9.67 Å². The second-order valence-electron chi connectivity index (χ2n) is 5.68. The summed E-state index contributed by atoms with van der Waals surface area (Å²) in [7, 11) is 1.65. The Kier molecular flexibility index (Phi) is 5.09. The van der Waals surface area contributed by atoms with E-state index in [1.165, 1.54) is 0 Å². The molecular formula is C19H20N4O2. The molecule has 2 aromatic heterocycles. The summed E-state index contributed by atoms with van der Waals surface area (Å²) in [6.45, 7) is 2.54. The molecule has 1 aromatic carbocycles. The Labute approximate surface area is 146 Å². The molecule has 6 heteroatoms. The average molecular weight is 336 g/mol. The minimum atomic E-state index is -0.212. The molecule has 3 aromatic rings. The summed E-state index contributed by atoms with van der Waals surface area (Å²) in [5.41, 5.74) is 1.42. The number of methoxy groups -OCH3 is 1. The van der Waals surface area contributed by atoms with Gasteiger partial charge in [0.1, 0.15) is 11.4 Å². The largest absolute Gasteiger partial charge is 0.496 e. The number of pyridine rings is 1. The maximum absolute atomic E-state index is 12.4. The molecule has 0 saturated heterocycles. The quantitative estimate of drug-likeness (QED) is 0.751. The number of rotatable bonds is 6. The summed E-state index contributed by atoms with van der Waals surface area (Å²) in [6, 6.07) is 14.9. The fraction of sp³-hybridized carbons (Fsp3) is 0.211. The van der Waals surface area contributed by atoms with Crippen LogP contribution >= 0.6 is 0 Å². The maximum Gasteiger partial charge on any atom is 0.269 e. The molecule has 3 rings (SSSR count). The zero-order chi connectivity index (χ0) is 17.6. The minimum absolute atomic E-state index is 0.120. The molecule has 0 radical (unpaired) electrons. The molecule has 0 aliphatic heterocycles. The number of amides is 1. The summed E-state index contributed by atoms with van der Waals surface area (Å²) in [5.74, 6) is 1.34. The second-order valence-corrected chi connectivity index (χ2v) is 5.68. The number of carbonyl (C=O) groups excluding carboxylic acids is 1. The Morgan fingerprint density at radius 2 is 2.04 bits per heavy atom. The van der Waals surface area contributed by atoms with Gasteiger partial charge in [0.25, 0.3) is 5.91 Å². The molecule has 1 atom stereocenters. The van der Waals surface area contributed by atoms with Gasteiger partial charge < -0.3 is 10.1 Å². The van der Waals surface area contributed by atoms with Crippen LogP contribution in [0.15, 0.2) is 60.9 Å². The first kappa shape index (κ1) is 16.7. The molecular weight excluding hydrogens is 316 g/mol. The Balaban J connectivity index is 1.67. The molecule has 25 heavy (non-hydrogen) atoms. The van der Waals surface area contributed by atoms with Crippen molar-refractivity contribution >= 4 is 5.91 Å². The van der Waals surface area contributed by atoms with E-state index in [2.05, 4.69) is 15.4 Å². The Hall–Kier alpha value is -3.15. The molecule has 0 fully saturated rings. The van der Waals surface area contributed by atoms with Crippen molar-refractivity contribution in [2.45, 2.75) is 12.8 Å². The zero-order valence-corrected chi connectivity index (χ0v) is 14.2. The highest BCUT2D eigenvalue weighted by atomic mass is 16.5. The van der Waals surface area contributed by atoms with E-state index in [4.69, 9.17) is 4.74 Å². The number of ether oxygens (including phenoxy) is 1. The number of hydrogen-bond donors (Lipinski definition) is 1. The van der Waals surface area contributed by atoms with Gasteiger partial charge in [-0.3, -0.25) is 4.79 Å². The molecule has 2 heterocycles. The molecule has 6 nitrogen and oxygen atoms in total. The number of para-hydroxylation sites is 1. The molecule has 1 N–H and O–H groups in total. The van der Waals surface area contributed by atoms with Crippen molar-refractivity contribution < 1.29 is 9.53 Å². The standard InChI is InChI=1S/C19H20N4O2/c1-14(15-7-3-4-9-17(15)25-2)13-20-19(24)16-8-5-10-18(22-16)23-12-6-11-21-23/h3-12,14H,13H2,1-2H3,(H,20,24)/t14-/m1/s1. The number of benzene rings is 1. The van der Waals surface area contributed by atoms with E-state index in [0.29, 0.717) is 18.1 Å². The topological polar surface area (TPSA) is 69.0 Å². The van der Waals surface area contributed by atoms with Crippen LogP contribution in [0.1, 0.15) is 28.9 Å². The van der Waals surface area contributed by atoms with Crippen molar-refractivity contribution in [3.05, 3.63) is 72.2 Å². The van der Waals surface area contributed by atoms with Crippen LogP contribution in [0.2, 0.25) is 0 Å². The first-order chi connectivity index (χ1) is 12.2. The number of nitrogens with zero attached hydrogens (tertiary/aromatic N) is 3. The van der Waals surface area contributed by atoms with Crippen molar-refractivity contribution in [1.82, 2.24) is 20.1 Å². The smallest absolute Gasteiger partial charge is 0.269 e. The number of aromatic nitrogens is 3. The van der Waals surface area contributed by atoms with E-state index < -0.39 is 0 Å². The van der Waals surface area contributed by atoms with Crippen LogP contribution in [-0.4, -0.2) is 34.3 Å². The second kappa shape index (κ2) is 7.61. The summed E-state index contributed by atoms with van der Waals surface area (Å²) in [6.07, 6.45) is 3.46. The fourth-order valence-electron chi connectivity index (χ4n) is 2.60. The third kappa shape index (κ3) is 3.85. The monoisotopic (exact) mass is 336 g/mol. The van der Waals surface area contributed by atoms with Gasteiger partial charge in [0.15, 0.2) is 5.82 Å². The molecule has 0 saturated carbocycles. The lowest BCUT2D eigenvalue weighted by atomic mass is 10.00. The lowest BCUT2D eigenvalue weighted by Gasteiger charge is -2.16. The lowest BCUT2D eigenvalue weighted by molar-refractivity contribution is 0.0946. The molecule has 1 amide bonds. The Morgan fingerprint density at radius 3 is 2.80 bits per heavy atom. The molecule has 0 aliphatic carbocycles. The first-order valence-corrected chi connectivity index (χ1v) is 8.07. The minimum Gasteiger partial charge on any atom is -0.496 e. The van der Waals surface area contributed by atoms with Crippen LogP contribution in [0.4, 0.5) is 0 Å². The van der Waals surface area contributed by atoms with Crippen LogP contribution in [0.5, 0.6) is 5.75 Å². The maximum atomic E-state index is 12.4. The summed E-state index contributed by atoms with van der Waals surface area (Å²) < 4.78 is 7.00. The Morgan fingerprint density at radius 1 is 1.20 bits per heavy atom. The third-order valence-corrected chi connectivity index (χ3v) is 3.94. The summed E-state index contributed by atoms with van der Waals surface area (Å²) in [4.78, 5) is 16.8. The van der Waals surface area contributed by atoms with Crippen LogP contribution in [0, 0.1) is 0 Å². The van der Waals surface area contributed by atoms with Crippen LogP contribution < -0.4 is 10.1 Å². The first-order valence-electron chi connectivity index (χ1n) is 8.07. The highest BCUT2D eigenvalue weighted by Gasteiger charge is 2.14. The highest BCUT2D eigenvalue weighted by molar-refractivity contribution is 5.92. The van der Waals surface area contributed by atoms with Gasteiger partial charge in [0.05, 0.1) is 7.11 Å². The third-order valence-electron chi connectivity index (χ3n) is 3.94. The predicted molar refractivity (Wildman–Crippen MR) is 95.1 cm³/mol. The van der Waals surface area contributed by atoms with Crippen LogP contribution in [0.3, 0.4) is 0 Å². The van der Waals surface area contributed by atoms with Crippen LogP contribution in [0.25, 0.3) is 5.82 Å². The fourth-order valence-corrected chi connectivity index (χ4v) is 2.60. The highest BCUT2D eigenvalue weighted by Crippen LogP contribution is 2.25. The lowest BCUT2D eigenvalue weighted by Crippen LogP contribution is -2.28. The number of carbonyl (C=O) groups is 1. The van der Waals surface area contributed by atoms with Gasteiger partial charge in [-0.05, 0) is 29.8 Å². The van der Waals surface area contributed by atoms with E-state index >= 15 is 0 Å². The van der Waals surface area contributed by atoms with E-state index in [0.717, 1.165) is 11.3 Å². The van der Waals surface area contributed by atoms with Gasteiger partial charge in [0, 0.05) is 24.9 Å². The van der Waals surface area contributed by atoms with Gasteiger partial charge >= 0.3 is 0 Å². The molecule has 128 valence electrons. The Bertz CT molecular complexity index is 846. The van der Waals surface area contributed by atoms with E-state index in [1.54, 1.807) is 42.4 Å². The van der Waals surface area contributed by atoms with Crippen molar-refractivity contribution in [1.29, 1.82) is 0 Å². The van der Waals surface area contributed by atoms with Gasteiger partial charge in [-0.15, -0.1) is 0 Å². The van der Waals surface area contributed by atoms with Crippen LogP contribution in [-0.2, 0) is 0 Å². The molecule has 0 unspecified atom stereocenters. The number of hydrogen-bond acceptors (Lipinski definition) is 4. The van der Waals surface area contributed by atoms with Crippen molar-refractivity contribution in [2.75, 3.05) is 13.7 Å². The predicted octanol–water partition coefficient (Wildman–Crippen LogP) is 2.81. The SMILES string of the molecule is COc1ccccc1[C@H](C)CNC(=O)c1cccc(-n2cccn2)n1. The van der Waals surface area contributed by atoms with E-state index in [9.17, 15) is 4.79 Å².